The quantitative estimate of drug-likeness (QED) is 0.526. The first-order valence-corrected chi connectivity index (χ1v) is 8.44. The zero-order valence-corrected chi connectivity index (χ0v) is 13.5. The Morgan fingerprint density at radius 1 is 1.08 bits per heavy atom. The lowest BCUT2D eigenvalue weighted by Crippen LogP contribution is -2.05. The van der Waals surface area contributed by atoms with Gasteiger partial charge in [0.1, 0.15) is 17.6 Å². The minimum Gasteiger partial charge on any atom is -0.493 e. The van der Waals surface area contributed by atoms with E-state index in [-0.39, 0.29) is 18.5 Å². The van der Waals surface area contributed by atoms with E-state index in [2.05, 4.69) is 0 Å². The molecule has 0 N–H and O–H groups in total. The zero-order valence-electron chi connectivity index (χ0n) is 12.6. The van der Waals surface area contributed by atoms with Crippen molar-refractivity contribution in [1.29, 1.82) is 0 Å². The van der Waals surface area contributed by atoms with Gasteiger partial charge < -0.3 is 9.15 Å². The summed E-state index contributed by atoms with van der Waals surface area (Å²) < 4.78 is 31.9. The molecular weight excluding hydrogens is 328 g/mol. The fourth-order valence-electron chi connectivity index (χ4n) is 2.34. The van der Waals surface area contributed by atoms with Gasteiger partial charge in [-0.25, -0.2) is 0 Å². The molecule has 3 aromatic rings. The molecule has 0 atom stereocenters. The third-order valence-electron chi connectivity index (χ3n) is 3.47. The summed E-state index contributed by atoms with van der Waals surface area (Å²) >= 11 is 0. The van der Waals surface area contributed by atoms with Crippen LogP contribution >= 0.6 is 0 Å². The van der Waals surface area contributed by atoms with Crippen LogP contribution in [0.25, 0.3) is 22.1 Å². The van der Waals surface area contributed by atoms with Crippen molar-refractivity contribution in [2.24, 2.45) is 0 Å². The molecule has 0 fully saturated rings. The molecule has 0 aliphatic rings. The van der Waals surface area contributed by atoms with E-state index in [0.717, 1.165) is 10.9 Å². The predicted molar refractivity (Wildman–Crippen MR) is 93.0 cm³/mol. The maximum atomic E-state index is 12.6. The minimum atomic E-state index is -2.18. The van der Waals surface area contributed by atoms with Gasteiger partial charge >= 0.3 is 0 Å². The van der Waals surface area contributed by atoms with Crippen molar-refractivity contribution in [3.63, 3.8) is 0 Å². The van der Waals surface area contributed by atoms with Gasteiger partial charge in [0.15, 0.2) is 5.43 Å². The summed E-state index contributed by atoms with van der Waals surface area (Å²) in [5.41, 5.74) is 1.62. The Balaban J connectivity index is 1.90. The molecule has 1 heterocycles. The molecular formula is C18H14O5S. The fraction of sp³-hybridized carbons (Fsp3) is 0.111. The number of hydrogen-bond donors (Lipinski definition) is 0. The maximum absolute atomic E-state index is 12.6. The largest absolute Gasteiger partial charge is 0.493 e. The summed E-state index contributed by atoms with van der Waals surface area (Å²) in [6.45, 7) is 0.228. The second-order valence-electron chi connectivity index (χ2n) is 5.07. The summed E-state index contributed by atoms with van der Waals surface area (Å²) in [5, 5.41) is 1.60. The Morgan fingerprint density at radius 3 is 2.62 bits per heavy atom. The van der Waals surface area contributed by atoms with Gasteiger partial charge in [-0.15, -0.1) is 0 Å². The second-order valence-corrected chi connectivity index (χ2v) is 5.92. The predicted octanol–water partition coefficient (Wildman–Crippen LogP) is 2.91. The molecule has 0 aliphatic carbocycles. The zero-order chi connectivity index (χ0) is 16.9. The van der Waals surface area contributed by atoms with Crippen LogP contribution in [-0.2, 0) is 10.3 Å². The number of fused-ring (bicyclic) bond motifs is 1. The highest BCUT2D eigenvalue weighted by Gasteiger charge is 2.09. The molecule has 0 aliphatic heterocycles. The van der Waals surface area contributed by atoms with Gasteiger partial charge in [-0.3, -0.25) is 4.79 Å². The standard InChI is InChI=1S/C18H14O5S/c19-18-15-8-7-14(22-9-4-10-24(20)21)11-17(15)23-12-16(18)13-5-2-1-3-6-13/h1-3,5-8,10-12H,4,9H2. The molecule has 6 heteroatoms. The highest BCUT2D eigenvalue weighted by Crippen LogP contribution is 2.23. The Bertz CT molecular complexity index is 1040. The Morgan fingerprint density at radius 2 is 1.88 bits per heavy atom. The van der Waals surface area contributed by atoms with E-state index in [1.165, 1.54) is 6.26 Å². The summed E-state index contributed by atoms with van der Waals surface area (Å²) in [6.07, 6.45) is 1.73. The normalized spacial score (nSPS) is 10.5. The number of benzene rings is 2. The summed E-state index contributed by atoms with van der Waals surface area (Å²) in [7, 11) is -2.18. The Kier molecular flexibility index (Phi) is 4.77. The Hall–Kier alpha value is -2.86. The fourth-order valence-corrected chi connectivity index (χ4v) is 2.63. The third kappa shape index (κ3) is 3.55. The summed E-state index contributed by atoms with van der Waals surface area (Å²) in [6, 6.07) is 14.3. The van der Waals surface area contributed by atoms with Crippen LogP contribution in [0.4, 0.5) is 0 Å². The topological polar surface area (TPSA) is 73.6 Å². The highest BCUT2D eigenvalue weighted by atomic mass is 32.2. The van der Waals surface area contributed by atoms with Crippen molar-refractivity contribution in [2.75, 3.05) is 6.61 Å². The first kappa shape index (κ1) is 16.0. The van der Waals surface area contributed by atoms with Crippen LogP contribution in [0.2, 0.25) is 0 Å². The van der Waals surface area contributed by atoms with Crippen molar-refractivity contribution in [3.05, 3.63) is 65.0 Å². The Labute approximate surface area is 139 Å². The average molecular weight is 342 g/mol. The van der Waals surface area contributed by atoms with Gasteiger partial charge in [-0.2, -0.15) is 8.42 Å². The van der Waals surface area contributed by atoms with Crippen LogP contribution in [0.3, 0.4) is 0 Å². The molecule has 24 heavy (non-hydrogen) atoms. The van der Waals surface area contributed by atoms with E-state index < -0.39 is 10.3 Å². The number of ether oxygens (including phenoxy) is 1. The van der Waals surface area contributed by atoms with Crippen LogP contribution in [-0.4, -0.2) is 20.4 Å². The smallest absolute Gasteiger partial charge is 0.210 e. The van der Waals surface area contributed by atoms with Crippen LogP contribution < -0.4 is 10.2 Å². The van der Waals surface area contributed by atoms with Gasteiger partial charge in [0.05, 0.1) is 17.6 Å². The highest BCUT2D eigenvalue weighted by molar-refractivity contribution is 7.71. The van der Waals surface area contributed by atoms with Crippen LogP contribution in [0.1, 0.15) is 6.42 Å². The van der Waals surface area contributed by atoms with E-state index in [0.29, 0.717) is 22.3 Å². The summed E-state index contributed by atoms with van der Waals surface area (Å²) in [4.78, 5) is 12.6. The third-order valence-corrected chi connectivity index (χ3v) is 3.98. The number of rotatable bonds is 5. The molecule has 3 rings (SSSR count). The lowest BCUT2D eigenvalue weighted by Gasteiger charge is -2.06. The van der Waals surface area contributed by atoms with Crippen LogP contribution in [0.15, 0.2) is 64.0 Å². The molecule has 122 valence electrons. The van der Waals surface area contributed by atoms with E-state index in [1.54, 1.807) is 18.2 Å². The first-order chi connectivity index (χ1) is 11.6. The van der Waals surface area contributed by atoms with E-state index >= 15 is 0 Å². The van der Waals surface area contributed by atoms with Gasteiger partial charge in [0.25, 0.3) is 0 Å². The monoisotopic (exact) mass is 342 g/mol. The maximum Gasteiger partial charge on any atom is 0.210 e. The van der Waals surface area contributed by atoms with Gasteiger partial charge in [0, 0.05) is 17.9 Å². The average Bonchev–Trinajstić information content (AvgIpc) is 2.59. The molecule has 0 saturated carbocycles. The van der Waals surface area contributed by atoms with Crippen LogP contribution in [0, 0.1) is 0 Å². The second kappa shape index (κ2) is 7.14. The van der Waals surface area contributed by atoms with Crippen molar-refractivity contribution in [1.82, 2.24) is 0 Å². The van der Waals surface area contributed by atoms with Gasteiger partial charge in [0.2, 0.25) is 10.3 Å². The lowest BCUT2D eigenvalue weighted by atomic mass is 10.1. The molecule has 2 aromatic carbocycles. The van der Waals surface area contributed by atoms with Crippen molar-refractivity contribution in [3.8, 4) is 16.9 Å². The summed E-state index contributed by atoms with van der Waals surface area (Å²) in [5.74, 6) is 0.517. The molecule has 0 radical (unpaired) electrons. The number of hydrogen-bond acceptors (Lipinski definition) is 5. The van der Waals surface area contributed by atoms with Crippen molar-refractivity contribution >= 4 is 26.6 Å². The lowest BCUT2D eigenvalue weighted by molar-refractivity contribution is 0.330. The molecule has 0 spiro atoms. The van der Waals surface area contributed by atoms with Crippen molar-refractivity contribution < 1.29 is 17.6 Å². The van der Waals surface area contributed by atoms with Gasteiger partial charge in [-0.05, 0) is 17.7 Å². The van der Waals surface area contributed by atoms with Crippen LogP contribution in [0.5, 0.6) is 5.75 Å². The van der Waals surface area contributed by atoms with Gasteiger partial charge in [-0.1, -0.05) is 30.3 Å². The molecule has 5 nitrogen and oxygen atoms in total. The molecule has 0 saturated heterocycles. The molecule has 1 aromatic heterocycles. The molecule has 0 amide bonds. The van der Waals surface area contributed by atoms with E-state index in [1.807, 2.05) is 30.3 Å². The van der Waals surface area contributed by atoms with E-state index in [4.69, 9.17) is 9.15 Å². The SMILES string of the molecule is O=c1c(-c2ccccc2)coc2cc(OCCC=S(=O)=O)ccc12. The first-order valence-electron chi connectivity index (χ1n) is 7.30. The van der Waals surface area contributed by atoms with E-state index in [9.17, 15) is 13.2 Å². The minimum absolute atomic E-state index is 0.107. The molecule has 0 bridgehead atoms. The van der Waals surface area contributed by atoms with Crippen molar-refractivity contribution in [2.45, 2.75) is 6.42 Å². The molecule has 0 unspecified atom stereocenters.